The van der Waals surface area contributed by atoms with E-state index in [9.17, 15) is 0 Å². The van der Waals surface area contributed by atoms with Crippen LogP contribution in [-0.4, -0.2) is 15.5 Å². The number of aryl methyl sites for hydroxylation is 1. The Kier molecular flexibility index (Phi) is 3.48. The lowest BCUT2D eigenvalue weighted by molar-refractivity contribution is 0.628. The summed E-state index contributed by atoms with van der Waals surface area (Å²) in [7, 11) is 0. The largest absolute Gasteiger partial charge is 0.365 e. The van der Waals surface area contributed by atoms with E-state index in [0.29, 0.717) is 0 Å². The maximum absolute atomic E-state index is 4.39. The van der Waals surface area contributed by atoms with Crippen LogP contribution in [0.15, 0.2) is 10.7 Å². The van der Waals surface area contributed by atoms with Gasteiger partial charge < -0.3 is 5.32 Å². The smallest absolute Gasteiger partial charge is 0.131 e. The maximum atomic E-state index is 4.39. The lowest BCUT2D eigenvalue weighted by Gasteiger charge is -2.21. The summed E-state index contributed by atoms with van der Waals surface area (Å²) in [4.78, 5) is 8.63. The van der Waals surface area contributed by atoms with Gasteiger partial charge >= 0.3 is 0 Å². The van der Waals surface area contributed by atoms with Crippen LogP contribution in [-0.2, 0) is 6.42 Å². The molecule has 1 aromatic heterocycles. The minimum absolute atomic E-state index is 0.0266. The molecular weight excluding hydrogens is 242 g/mol. The van der Waals surface area contributed by atoms with Crippen molar-refractivity contribution >= 4 is 21.7 Å². The van der Waals surface area contributed by atoms with Crippen LogP contribution >= 0.6 is 15.9 Å². The van der Waals surface area contributed by atoms with Crippen molar-refractivity contribution in [1.29, 1.82) is 0 Å². The molecular formula is C10H16BrN3. The van der Waals surface area contributed by atoms with Gasteiger partial charge in [0.05, 0.1) is 0 Å². The molecule has 1 rings (SSSR count). The molecule has 78 valence electrons. The number of rotatable bonds is 2. The standard InChI is InChI=1S/C10H16BrN3/c1-5-8-12-7(11)6-9(13-8)14-10(2,3)4/h6H,5H2,1-4H3,(H,12,13,14). The minimum atomic E-state index is 0.0266. The minimum Gasteiger partial charge on any atom is -0.365 e. The zero-order chi connectivity index (χ0) is 10.8. The summed E-state index contributed by atoms with van der Waals surface area (Å²) in [6.45, 7) is 8.36. The van der Waals surface area contributed by atoms with E-state index in [4.69, 9.17) is 0 Å². The van der Waals surface area contributed by atoms with E-state index in [1.165, 1.54) is 0 Å². The number of anilines is 1. The summed E-state index contributed by atoms with van der Waals surface area (Å²) in [6.07, 6.45) is 0.845. The van der Waals surface area contributed by atoms with Gasteiger partial charge in [0.2, 0.25) is 0 Å². The molecule has 0 unspecified atom stereocenters. The Morgan fingerprint density at radius 1 is 1.36 bits per heavy atom. The first-order valence-corrected chi connectivity index (χ1v) is 5.51. The van der Waals surface area contributed by atoms with Gasteiger partial charge in [-0.3, -0.25) is 0 Å². The molecule has 1 heterocycles. The predicted octanol–water partition coefficient (Wildman–Crippen LogP) is 3.01. The van der Waals surface area contributed by atoms with Crippen LogP contribution in [0.4, 0.5) is 5.82 Å². The van der Waals surface area contributed by atoms with Gasteiger partial charge in [0, 0.05) is 18.0 Å². The van der Waals surface area contributed by atoms with Crippen molar-refractivity contribution in [2.24, 2.45) is 0 Å². The summed E-state index contributed by atoms with van der Waals surface area (Å²) in [6, 6.07) is 1.89. The third kappa shape index (κ3) is 3.62. The third-order valence-corrected chi connectivity index (χ3v) is 1.97. The first kappa shape index (κ1) is 11.4. The van der Waals surface area contributed by atoms with Gasteiger partial charge in [-0.25, -0.2) is 9.97 Å². The second-order valence-electron chi connectivity index (χ2n) is 4.22. The average molecular weight is 258 g/mol. The molecule has 14 heavy (non-hydrogen) atoms. The monoisotopic (exact) mass is 257 g/mol. The van der Waals surface area contributed by atoms with Crippen LogP contribution in [0.1, 0.15) is 33.5 Å². The number of nitrogens with one attached hydrogen (secondary N) is 1. The zero-order valence-corrected chi connectivity index (χ0v) is 10.6. The van der Waals surface area contributed by atoms with Gasteiger partial charge in [-0.2, -0.15) is 0 Å². The Morgan fingerprint density at radius 3 is 2.50 bits per heavy atom. The molecule has 0 radical (unpaired) electrons. The normalized spacial score (nSPS) is 11.5. The molecule has 0 aliphatic carbocycles. The highest BCUT2D eigenvalue weighted by molar-refractivity contribution is 9.10. The zero-order valence-electron chi connectivity index (χ0n) is 9.06. The molecule has 0 amide bonds. The van der Waals surface area contributed by atoms with Crippen molar-refractivity contribution in [2.45, 2.75) is 39.7 Å². The van der Waals surface area contributed by atoms with Crippen molar-refractivity contribution in [3.8, 4) is 0 Å². The average Bonchev–Trinajstić information content (AvgIpc) is 1.99. The molecule has 0 aliphatic rings. The van der Waals surface area contributed by atoms with Crippen LogP contribution < -0.4 is 5.32 Å². The number of nitrogens with zero attached hydrogens (tertiary/aromatic N) is 2. The Morgan fingerprint density at radius 2 is 2.00 bits per heavy atom. The van der Waals surface area contributed by atoms with Crippen molar-refractivity contribution in [3.63, 3.8) is 0 Å². The molecule has 0 bridgehead atoms. The van der Waals surface area contributed by atoms with Gasteiger partial charge in [-0.05, 0) is 36.7 Å². The van der Waals surface area contributed by atoms with E-state index >= 15 is 0 Å². The van der Waals surface area contributed by atoms with Crippen molar-refractivity contribution in [1.82, 2.24) is 9.97 Å². The van der Waals surface area contributed by atoms with Crippen LogP contribution in [0.2, 0.25) is 0 Å². The Labute approximate surface area is 93.5 Å². The van der Waals surface area contributed by atoms with E-state index in [1.54, 1.807) is 0 Å². The van der Waals surface area contributed by atoms with Crippen molar-refractivity contribution in [2.75, 3.05) is 5.32 Å². The quantitative estimate of drug-likeness (QED) is 0.828. The fourth-order valence-electron chi connectivity index (χ4n) is 1.07. The van der Waals surface area contributed by atoms with Crippen molar-refractivity contribution < 1.29 is 0 Å². The van der Waals surface area contributed by atoms with E-state index in [1.807, 2.05) is 13.0 Å². The molecule has 0 atom stereocenters. The van der Waals surface area contributed by atoms with E-state index < -0.39 is 0 Å². The van der Waals surface area contributed by atoms with Crippen LogP contribution in [0.25, 0.3) is 0 Å². The van der Waals surface area contributed by atoms with Gasteiger partial charge in [0.1, 0.15) is 16.2 Å². The number of halogens is 1. The second kappa shape index (κ2) is 4.26. The Bertz CT molecular complexity index is 318. The highest BCUT2D eigenvalue weighted by Gasteiger charge is 2.11. The summed E-state index contributed by atoms with van der Waals surface area (Å²) in [5, 5.41) is 3.32. The molecule has 3 nitrogen and oxygen atoms in total. The second-order valence-corrected chi connectivity index (χ2v) is 5.03. The first-order valence-electron chi connectivity index (χ1n) is 4.72. The number of aromatic nitrogens is 2. The fourth-order valence-corrected chi connectivity index (χ4v) is 1.49. The molecule has 1 N–H and O–H groups in total. The fraction of sp³-hybridized carbons (Fsp3) is 0.600. The number of hydrogen-bond acceptors (Lipinski definition) is 3. The van der Waals surface area contributed by atoms with Crippen molar-refractivity contribution in [3.05, 3.63) is 16.5 Å². The molecule has 0 saturated heterocycles. The summed E-state index contributed by atoms with van der Waals surface area (Å²) in [5.41, 5.74) is 0.0266. The highest BCUT2D eigenvalue weighted by atomic mass is 79.9. The topological polar surface area (TPSA) is 37.8 Å². The Balaban J connectivity index is 2.92. The SMILES string of the molecule is CCc1nc(Br)cc(NC(C)(C)C)n1. The Hall–Kier alpha value is -0.640. The molecule has 0 saturated carbocycles. The third-order valence-electron chi connectivity index (χ3n) is 1.56. The van der Waals surface area contributed by atoms with E-state index in [-0.39, 0.29) is 5.54 Å². The number of hydrogen-bond donors (Lipinski definition) is 1. The lowest BCUT2D eigenvalue weighted by Crippen LogP contribution is -2.27. The predicted molar refractivity (Wildman–Crippen MR) is 62.5 cm³/mol. The van der Waals surface area contributed by atoms with Crippen LogP contribution in [0, 0.1) is 0 Å². The molecule has 4 heteroatoms. The summed E-state index contributed by atoms with van der Waals surface area (Å²) in [5.74, 6) is 1.72. The van der Waals surface area contributed by atoms with Gasteiger partial charge in [0.25, 0.3) is 0 Å². The van der Waals surface area contributed by atoms with E-state index in [2.05, 4.69) is 52.0 Å². The molecule has 0 aliphatic heterocycles. The van der Waals surface area contributed by atoms with Gasteiger partial charge in [-0.15, -0.1) is 0 Å². The highest BCUT2D eigenvalue weighted by Crippen LogP contribution is 2.16. The first-order chi connectivity index (χ1) is 6.40. The molecule has 0 aromatic carbocycles. The van der Waals surface area contributed by atoms with Gasteiger partial charge in [0.15, 0.2) is 0 Å². The molecule has 0 spiro atoms. The summed E-state index contributed by atoms with van der Waals surface area (Å²) < 4.78 is 0.830. The van der Waals surface area contributed by atoms with E-state index in [0.717, 1.165) is 22.7 Å². The summed E-state index contributed by atoms with van der Waals surface area (Å²) >= 11 is 3.37. The molecule has 1 aromatic rings. The van der Waals surface area contributed by atoms with Gasteiger partial charge in [-0.1, -0.05) is 6.92 Å². The lowest BCUT2D eigenvalue weighted by atomic mass is 10.1. The maximum Gasteiger partial charge on any atom is 0.131 e. The van der Waals surface area contributed by atoms with Crippen LogP contribution in [0.5, 0.6) is 0 Å². The van der Waals surface area contributed by atoms with Crippen LogP contribution in [0.3, 0.4) is 0 Å². The molecule has 0 fully saturated rings.